The minimum Gasteiger partial charge on any atom is -0.356 e. The van der Waals surface area contributed by atoms with Gasteiger partial charge in [0.1, 0.15) is 29.1 Å². The van der Waals surface area contributed by atoms with Gasteiger partial charge < -0.3 is 15.5 Å². The van der Waals surface area contributed by atoms with E-state index in [0.29, 0.717) is 22.8 Å². The second-order valence-electron chi connectivity index (χ2n) is 7.47. The Labute approximate surface area is 185 Å². The molecule has 0 radical (unpaired) electrons. The molecule has 1 heterocycles. The molecule has 2 aromatic carbocycles. The molecular weight excluding hydrogens is 415 g/mol. The maximum Gasteiger partial charge on any atom is 0.146 e. The zero-order chi connectivity index (χ0) is 23.3. The summed E-state index contributed by atoms with van der Waals surface area (Å²) in [6.07, 6.45) is 5.23. The average Bonchev–Trinajstić information content (AvgIpc) is 2.69. The monoisotopic (exact) mass is 439 g/mol. The predicted octanol–water partition coefficient (Wildman–Crippen LogP) is 5.66. The number of halogens is 3. The van der Waals surface area contributed by atoms with Crippen LogP contribution in [0.25, 0.3) is 11.1 Å². The molecule has 0 aliphatic heterocycles. The van der Waals surface area contributed by atoms with Crippen molar-refractivity contribution in [3.63, 3.8) is 0 Å². The summed E-state index contributed by atoms with van der Waals surface area (Å²) in [4.78, 5) is 10.4. The lowest BCUT2D eigenvalue weighted by atomic mass is 10.1. The van der Waals surface area contributed by atoms with E-state index in [1.165, 1.54) is 24.4 Å². The lowest BCUT2D eigenvalue weighted by Gasteiger charge is -2.14. The Hall–Kier alpha value is -3.65. The first kappa shape index (κ1) is 23.0. The van der Waals surface area contributed by atoms with E-state index in [0.717, 1.165) is 12.6 Å². The molecule has 5 nitrogen and oxygen atoms in total. The number of hydrogen-bond acceptors (Lipinski definition) is 5. The average molecular weight is 439 g/mol. The van der Waals surface area contributed by atoms with Crippen molar-refractivity contribution in [3.8, 4) is 11.1 Å². The molecule has 0 aliphatic rings. The number of benzene rings is 2. The number of rotatable bonds is 8. The topological polar surface area (TPSA) is 53.1 Å². The molecule has 0 aliphatic carbocycles. The van der Waals surface area contributed by atoms with Crippen molar-refractivity contribution in [1.29, 1.82) is 0 Å². The van der Waals surface area contributed by atoms with Crippen LogP contribution >= 0.6 is 0 Å². The van der Waals surface area contributed by atoms with Gasteiger partial charge in [0.25, 0.3) is 0 Å². The van der Waals surface area contributed by atoms with Crippen LogP contribution in [0, 0.1) is 24.4 Å². The van der Waals surface area contributed by atoms with Crippen molar-refractivity contribution in [2.75, 3.05) is 31.3 Å². The van der Waals surface area contributed by atoms with Gasteiger partial charge in [0, 0.05) is 35.8 Å². The van der Waals surface area contributed by atoms with E-state index in [1.807, 2.05) is 31.1 Å². The van der Waals surface area contributed by atoms with Crippen LogP contribution in [-0.2, 0) is 0 Å². The molecule has 8 heteroatoms. The Kier molecular flexibility index (Phi) is 7.27. The van der Waals surface area contributed by atoms with Crippen LogP contribution in [0.1, 0.15) is 5.82 Å². The number of allylic oxidation sites excluding steroid dienone is 1. The molecule has 1 aromatic heterocycles. The van der Waals surface area contributed by atoms with Gasteiger partial charge in [0.2, 0.25) is 0 Å². The summed E-state index contributed by atoms with van der Waals surface area (Å²) in [7, 11) is 3.92. The van der Waals surface area contributed by atoms with Gasteiger partial charge in [0.05, 0.1) is 5.69 Å². The van der Waals surface area contributed by atoms with Crippen molar-refractivity contribution in [1.82, 2.24) is 14.9 Å². The third-order valence-corrected chi connectivity index (χ3v) is 4.40. The lowest BCUT2D eigenvalue weighted by molar-refractivity contribution is 0.456. The molecule has 0 fully saturated rings. The van der Waals surface area contributed by atoms with Gasteiger partial charge in [-0.05, 0) is 63.0 Å². The summed E-state index contributed by atoms with van der Waals surface area (Å²) in [5.74, 6) is -1.34. The molecule has 3 rings (SSSR count). The number of aryl methyl sites for hydroxylation is 1. The molecule has 32 heavy (non-hydrogen) atoms. The van der Waals surface area contributed by atoms with Gasteiger partial charge in [-0.3, -0.25) is 0 Å². The van der Waals surface area contributed by atoms with Gasteiger partial charge in [-0.1, -0.05) is 12.7 Å². The highest BCUT2D eigenvalue weighted by atomic mass is 19.1. The Morgan fingerprint density at radius 2 is 1.81 bits per heavy atom. The minimum absolute atomic E-state index is 0.135. The SMILES string of the molecule is C=C(/C=C/CN(C)C)Nc1ccc(F)c(Nc2nc(C)ncc2-c2cc(F)cc(F)c2)c1. The smallest absolute Gasteiger partial charge is 0.146 e. The van der Waals surface area contributed by atoms with Crippen LogP contribution in [0.15, 0.2) is 67.0 Å². The lowest BCUT2D eigenvalue weighted by Crippen LogP contribution is -2.10. The molecule has 0 spiro atoms. The van der Waals surface area contributed by atoms with Crippen molar-refractivity contribution in [3.05, 3.63) is 90.3 Å². The number of nitrogens with zero attached hydrogens (tertiary/aromatic N) is 3. The summed E-state index contributed by atoms with van der Waals surface area (Å²) in [5.41, 5.74) is 1.95. The highest BCUT2D eigenvalue weighted by Crippen LogP contribution is 2.31. The zero-order valence-corrected chi connectivity index (χ0v) is 18.1. The second kappa shape index (κ2) is 10.1. The van der Waals surface area contributed by atoms with Gasteiger partial charge in [-0.15, -0.1) is 0 Å². The van der Waals surface area contributed by atoms with E-state index >= 15 is 0 Å². The number of hydrogen-bond donors (Lipinski definition) is 2. The summed E-state index contributed by atoms with van der Waals surface area (Å²) in [5, 5.41) is 6.03. The van der Waals surface area contributed by atoms with Crippen LogP contribution in [0.5, 0.6) is 0 Å². The van der Waals surface area contributed by atoms with Crippen molar-refractivity contribution in [2.24, 2.45) is 0 Å². The van der Waals surface area contributed by atoms with E-state index < -0.39 is 17.5 Å². The van der Waals surface area contributed by atoms with Crippen LogP contribution < -0.4 is 10.6 Å². The van der Waals surface area contributed by atoms with Gasteiger partial charge >= 0.3 is 0 Å². The minimum atomic E-state index is -0.732. The highest BCUT2D eigenvalue weighted by Gasteiger charge is 2.13. The summed E-state index contributed by atoms with van der Waals surface area (Å²) >= 11 is 0. The number of nitrogens with one attached hydrogen (secondary N) is 2. The zero-order valence-electron chi connectivity index (χ0n) is 18.1. The van der Waals surface area contributed by atoms with Gasteiger partial charge in [-0.25, -0.2) is 23.1 Å². The van der Waals surface area contributed by atoms with Crippen LogP contribution in [0.2, 0.25) is 0 Å². The molecule has 0 atom stereocenters. The Balaban J connectivity index is 1.89. The first-order valence-electron chi connectivity index (χ1n) is 9.85. The Morgan fingerprint density at radius 3 is 2.50 bits per heavy atom. The fraction of sp³-hybridized carbons (Fsp3) is 0.167. The standard InChI is InChI=1S/C24H24F3N5/c1-15(6-5-9-32(3)4)29-20-7-8-22(27)23(13-20)31-24-21(14-28-16(2)30-24)17-10-18(25)12-19(26)11-17/h5-8,10-14,29H,1,9H2,2-4H3,(H,28,30,31)/b6-5+. The molecule has 0 saturated heterocycles. The largest absolute Gasteiger partial charge is 0.356 e. The van der Waals surface area contributed by atoms with Crippen LogP contribution in [0.3, 0.4) is 0 Å². The van der Waals surface area contributed by atoms with E-state index in [-0.39, 0.29) is 17.1 Å². The van der Waals surface area contributed by atoms with Crippen molar-refractivity contribution in [2.45, 2.75) is 6.92 Å². The molecule has 166 valence electrons. The first-order valence-corrected chi connectivity index (χ1v) is 9.85. The third-order valence-electron chi connectivity index (χ3n) is 4.40. The van der Waals surface area contributed by atoms with Gasteiger partial charge in [-0.2, -0.15) is 0 Å². The Morgan fingerprint density at radius 1 is 1.09 bits per heavy atom. The number of aromatic nitrogens is 2. The summed E-state index contributed by atoms with van der Waals surface area (Å²) in [6.45, 7) is 6.37. The molecule has 0 unspecified atom stereocenters. The highest BCUT2D eigenvalue weighted by molar-refractivity contribution is 5.78. The maximum atomic E-state index is 14.6. The fourth-order valence-corrected chi connectivity index (χ4v) is 2.95. The first-order chi connectivity index (χ1) is 15.2. The molecule has 2 N–H and O–H groups in total. The normalized spacial score (nSPS) is 11.2. The van der Waals surface area contributed by atoms with Crippen LogP contribution in [0.4, 0.5) is 30.4 Å². The van der Waals surface area contributed by atoms with Gasteiger partial charge in [0.15, 0.2) is 0 Å². The molecule has 3 aromatic rings. The van der Waals surface area contributed by atoms with E-state index in [1.54, 1.807) is 19.1 Å². The maximum absolute atomic E-state index is 14.6. The molecule has 0 bridgehead atoms. The van der Waals surface area contributed by atoms with Crippen molar-refractivity contribution >= 4 is 17.2 Å². The molecular formula is C24H24F3N5. The van der Waals surface area contributed by atoms with E-state index in [9.17, 15) is 13.2 Å². The Bertz CT molecular complexity index is 1140. The number of anilines is 3. The fourth-order valence-electron chi connectivity index (χ4n) is 2.95. The second-order valence-corrected chi connectivity index (χ2v) is 7.47. The molecule has 0 amide bonds. The van der Waals surface area contributed by atoms with Crippen molar-refractivity contribution < 1.29 is 13.2 Å². The number of likely N-dealkylation sites (N-methyl/N-ethyl adjacent to an activating group) is 1. The third kappa shape index (κ3) is 6.18. The summed E-state index contributed by atoms with van der Waals surface area (Å²) < 4.78 is 42.0. The predicted molar refractivity (Wildman–Crippen MR) is 122 cm³/mol. The quantitative estimate of drug-likeness (QED) is 0.444. The van der Waals surface area contributed by atoms with E-state index in [2.05, 4.69) is 27.2 Å². The van der Waals surface area contributed by atoms with Crippen LogP contribution in [-0.4, -0.2) is 35.5 Å². The van der Waals surface area contributed by atoms with E-state index in [4.69, 9.17) is 0 Å². The molecule has 0 saturated carbocycles. The summed E-state index contributed by atoms with van der Waals surface area (Å²) in [6, 6.07) is 7.56.